The van der Waals surface area contributed by atoms with E-state index in [0.29, 0.717) is 0 Å². The van der Waals surface area contributed by atoms with Crippen molar-refractivity contribution in [2.75, 3.05) is 0 Å². The van der Waals surface area contributed by atoms with Crippen molar-refractivity contribution in [1.82, 2.24) is 0 Å². The molecule has 1 aliphatic rings. The molecule has 7 heavy (non-hydrogen) atoms. The van der Waals surface area contributed by atoms with Crippen LogP contribution in [0.4, 0.5) is 0 Å². The van der Waals surface area contributed by atoms with Gasteiger partial charge in [0.1, 0.15) is 0 Å². The number of hydrogen-bond donors (Lipinski definition) is 0. The largest absolute Gasteiger partial charge is 0.140 e. The van der Waals surface area contributed by atoms with Gasteiger partial charge in [0.15, 0.2) is 0 Å². The lowest BCUT2D eigenvalue weighted by Gasteiger charge is -2.07. The first-order valence-electron chi connectivity index (χ1n) is 2.91. The highest BCUT2D eigenvalue weighted by Gasteiger charge is 2.03. The maximum Gasteiger partial charge on any atom is 0.0938 e. The summed E-state index contributed by atoms with van der Waals surface area (Å²) >= 11 is 5.19. The van der Waals surface area contributed by atoms with Gasteiger partial charge in [0.05, 0.1) is 7.50 Å². The van der Waals surface area contributed by atoms with Crippen LogP contribution in [0.15, 0.2) is 0 Å². The van der Waals surface area contributed by atoms with Gasteiger partial charge in [0, 0.05) is 0 Å². The highest BCUT2D eigenvalue weighted by molar-refractivity contribution is 7.88. The van der Waals surface area contributed by atoms with Gasteiger partial charge in [0.25, 0.3) is 0 Å². The third-order valence-corrected chi connectivity index (χ3v) is 4.46. The van der Waals surface area contributed by atoms with E-state index in [1.54, 1.807) is 0 Å². The zero-order chi connectivity index (χ0) is 5.11. The molecule has 0 aromatic heterocycles. The highest BCUT2D eigenvalue weighted by atomic mass is 32.2. The van der Waals surface area contributed by atoms with Crippen molar-refractivity contribution in [2.45, 2.75) is 31.4 Å². The van der Waals surface area contributed by atoms with E-state index in [2.05, 4.69) is 0 Å². The maximum absolute atomic E-state index is 5.19. The Labute approximate surface area is 51.1 Å². The van der Waals surface area contributed by atoms with E-state index >= 15 is 0 Å². The van der Waals surface area contributed by atoms with E-state index in [0.717, 1.165) is 0 Å². The smallest absolute Gasteiger partial charge is 0.0938 e. The van der Waals surface area contributed by atoms with Gasteiger partial charge in [0.2, 0.25) is 0 Å². The van der Waals surface area contributed by atoms with E-state index in [4.69, 9.17) is 11.6 Å². The van der Waals surface area contributed by atoms with Gasteiger partial charge in [-0.2, -0.15) is 0 Å². The summed E-state index contributed by atoms with van der Waals surface area (Å²) in [6.07, 6.45) is 4.31. The third-order valence-electron chi connectivity index (χ3n) is 1.41. The summed E-state index contributed by atoms with van der Waals surface area (Å²) in [7, 11) is -0.210. The van der Waals surface area contributed by atoms with Crippen molar-refractivity contribution in [1.29, 1.82) is 0 Å². The fourth-order valence-corrected chi connectivity index (χ4v) is 3.35. The zero-order valence-corrected chi connectivity index (χ0v) is 6.26. The van der Waals surface area contributed by atoms with Crippen LogP contribution in [0.2, 0.25) is 12.1 Å². The average molecular weight is 130 g/mol. The molecule has 0 atom stereocenters. The minimum atomic E-state index is -0.210. The first-order valence-corrected chi connectivity index (χ1v) is 5.96. The highest BCUT2D eigenvalue weighted by Crippen LogP contribution is 2.14. The molecule has 2 heteroatoms. The SMILES string of the molecule is S=[Si]1CCCCC1. The summed E-state index contributed by atoms with van der Waals surface area (Å²) in [5, 5.41) is 0. The quantitative estimate of drug-likeness (QED) is 0.454. The summed E-state index contributed by atoms with van der Waals surface area (Å²) in [4.78, 5) is 0. The Kier molecular flexibility index (Phi) is 2.13. The molecule has 1 fully saturated rings. The van der Waals surface area contributed by atoms with Gasteiger partial charge in [-0.05, 0) is 12.1 Å². The van der Waals surface area contributed by atoms with Gasteiger partial charge in [-0.3, -0.25) is 0 Å². The first-order chi connectivity index (χ1) is 3.39. The second kappa shape index (κ2) is 2.67. The molecule has 0 aromatic carbocycles. The van der Waals surface area contributed by atoms with Gasteiger partial charge < -0.3 is 0 Å². The standard InChI is InChI=1S/C5H10SSi/c6-7-4-2-1-3-5-7/h1-5H2. The Hall–Kier alpha value is 0.437. The van der Waals surface area contributed by atoms with E-state index < -0.39 is 0 Å². The molecule has 0 radical (unpaired) electrons. The molecule has 0 bridgehead atoms. The zero-order valence-electron chi connectivity index (χ0n) is 4.44. The lowest BCUT2D eigenvalue weighted by molar-refractivity contribution is 0.733. The van der Waals surface area contributed by atoms with Crippen molar-refractivity contribution >= 4 is 19.1 Å². The van der Waals surface area contributed by atoms with Crippen LogP contribution in [0.5, 0.6) is 0 Å². The molecular weight excluding hydrogens is 120 g/mol. The molecule has 1 heterocycles. The molecule has 1 aliphatic heterocycles. The number of rotatable bonds is 0. The van der Waals surface area contributed by atoms with Crippen molar-refractivity contribution < 1.29 is 0 Å². The Bertz CT molecular complexity index is 72.1. The molecular formula is C5H10SSi. The van der Waals surface area contributed by atoms with E-state index in [1.165, 1.54) is 31.4 Å². The fraction of sp³-hybridized carbons (Fsp3) is 1.00. The minimum absolute atomic E-state index is 0.210. The summed E-state index contributed by atoms with van der Waals surface area (Å²) in [5.41, 5.74) is 0. The molecule has 1 rings (SSSR count). The molecule has 0 nitrogen and oxygen atoms in total. The average Bonchev–Trinajstić information content (AvgIpc) is 1.69. The maximum atomic E-state index is 5.19. The molecule has 0 amide bonds. The van der Waals surface area contributed by atoms with Gasteiger partial charge >= 0.3 is 0 Å². The van der Waals surface area contributed by atoms with E-state index in [9.17, 15) is 0 Å². The topological polar surface area (TPSA) is 0 Å². The van der Waals surface area contributed by atoms with E-state index in [1.807, 2.05) is 0 Å². The summed E-state index contributed by atoms with van der Waals surface area (Å²) in [5.74, 6) is 0. The second-order valence-corrected chi connectivity index (χ2v) is 5.91. The predicted octanol–water partition coefficient (Wildman–Crippen LogP) is 2.36. The molecule has 0 aromatic rings. The van der Waals surface area contributed by atoms with Crippen LogP contribution in [0, 0.1) is 0 Å². The van der Waals surface area contributed by atoms with Crippen molar-refractivity contribution in [3.63, 3.8) is 0 Å². The Balaban J connectivity index is 2.25. The Morgan fingerprint density at radius 3 is 1.86 bits per heavy atom. The molecule has 1 saturated heterocycles. The van der Waals surface area contributed by atoms with Crippen molar-refractivity contribution in [3.8, 4) is 0 Å². The van der Waals surface area contributed by atoms with Crippen LogP contribution in [-0.4, -0.2) is 7.50 Å². The van der Waals surface area contributed by atoms with Gasteiger partial charge in [-0.15, -0.1) is 11.6 Å². The van der Waals surface area contributed by atoms with Crippen LogP contribution in [0.3, 0.4) is 0 Å². The fourth-order valence-electron chi connectivity index (χ4n) is 0.946. The molecule has 0 spiro atoms. The van der Waals surface area contributed by atoms with Crippen LogP contribution in [-0.2, 0) is 0 Å². The minimum Gasteiger partial charge on any atom is -0.140 e. The summed E-state index contributed by atoms with van der Waals surface area (Å²) < 4.78 is 0. The molecule has 0 aliphatic carbocycles. The lowest BCUT2D eigenvalue weighted by Crippen LogP contribution is -2.00. The first kappa shape index (κ1) is 5.57. The van der Waals surface area contributed by atoms with Crippen molar-refractivity contribution in [3.05, 3.63) is 0 Å². The second-order valence-electron chi connectivity index (χ2n) is 2.10. The molecule has 40 valence electrons. The van der Waals surface area contributed by atoms with Crippen LogP contribution in [0.25, 0.3) is 0 Å². The molecule has 0 saturated carbocycles. The Morgan fingerprint density at radius 2 is 1.57 bits per heavy atom. The third kappa shape index (κ3) is 1.78. The van der Waals surface area contributed by atoms with Crippen LogP contribution < -0.4 is 0 Å². The van der Waals surface area contributed by atoms with E-state index in [-0.39, 0.29) is 7.50 Å². The Morgan fingerprint density at radius 1 is 1.00 bits per heavy atom. The lowest BCUT2D eigenvalue weighted by atomic mass is 10.3. The van der Waals surface area contributed by atoms with Gasteiger partial charge in [-0.25, -0.2) is 0 Å². The van der Waals surface area contributed by atoms with Crippen LogP contribution >= 0.6 is 11.6 Å². The monoisotopic (exact) mass is 130 g/mol. The molecule has 0 N–H and O–H groups in total. The normalized spacial score (nSPS) is 22.6. The van der Waals surface area contributed by atoms with Crippen molar-refractivity contribution in [2.24, 2.45) is 0 Å². The van der Waals surface area contributed by atoms with Gasteiger partial charge in [-0.1, -0.05) is 19.3 Å². The summed E-state index contributed by atoms with van der Waals surface area (Å²) in [6.45, 7) is 0. The number of hydrogen-bond acceptors (Lipinski definition) is 1. The predicted molar refractivity (Wildman–Crippen MR) is 36.8 cm³/mol. The van der Waals surface area contributed by atoms with Crippen LogP contribution in [0.1, 0.15) is 19.3 Å². The summed E-state index contributed by atoms with van der Waals surface area (Å²) in [6, 6.07) is 2.81. The molecule has 0 unspecified atom stereocenters.